The number of carboxylic acids is 1. The van der Waals surface area contributed by atoms with Gasteiger partial charge < -0.3 is 45.9 Å². The second-order valence-electron chi connectivity index (χ2n) is 10.0. The minimum absolute atomic E-state index is 0.0335. The van der Waals surface area contributed by atoms with Crippen molar-refractivity contribution in [1.82, 2.24) is 5.32 Å². The molecule has 0 saturated carbocycles. The Morgan fingerprint density at radius 1 is 0.818 bits per heavy atom. The molecular weight excluding hydrogens is 566 g/mol. The van der Waals surface area contributed by atoms with Gasteiger partial charge in [-0.15, -0.1) is 0 Å². The molecule has 0 fully saturated rings. The Labute approximate surface area is 258 Å². The van der Waals surface area contributed by atoms with Crippen LogP contribution in [0.1, 0.15) is 55.4 Å². The molecule has 44 heavy (non-hydrogen) atoms. The van der Waals surface area contributed by atoms with Gasteiger partial charge in [0.2, 0.25) is 0 Å². The van der Waals surface area contributed by atoms with Crippen LogP contribution in [-0.4, -0.2) is 65.3 Å². The summed E-state index contributed by atoms with van der Waals surface area (Å²) < 4.78 is 11.3. The Kier molecular flexibility index (Phi) is 17.8. The lowest BCUT2D eigenvalue weighted by molar-refractivity contribution is -0.134. The number of nitrogens with one attached hydrogen (secondary N) is 3. The van der Waals surface area contributed by atoms with Crippen molar-refractivity contribution in [3.05, 3.63) is 89.5 Å². The van der Waals surface area contributed by atoms with Gasteiger partial charge >= 0.3 is 6.03 Å². The maximum Gasteiger partial charge on any atom is 0.323 e. The lowest BCUT2D eigenvalue weighted by Gasteiger charge is -2.14. The van der Waals surface area contributed by atoms with Crippen LogP contribution in [0.5, 0.6) is 5.75 Å². The first-order chi connectivity index (χ1) is 21.3. The summed E-state index contributed by atoms with van der Waals surface area (Å²) in [6.07, 6.45) is 3.48. The molecule has 0 bridgehead atoms. The molecule has 0 aliphatic rings. The Bertz CT molecular complexity index is 1220. The van der Waals surface area contributed by atoms with E-state index in [4.69, 9.17) is 19.4 Å². The number of hydrogen-bond donors (Lipinski definition) is 7. The van der Waals surface area contributed by atoms with Gasteiger partial charge in [0.15, 0.2) is 0 Å². The van der Waals surface area contributed by atoms with E-state index in [1.165, 1.54) is 6.07 Å². The van der Waals surface area contributed by atoms with Crippen LogP contribution in [0.15, 0.2) is 72.8 Å². The van der Waals surface area contributed by atoms with Crippen molar-refractivity contribution in [2.24, 2.45) is 0 Å². The van der Waals surface area contributed by atoms with Crippen LogP contribution in [0, 0.1) is 0 Å². The number of phenols is 1. The van der Waals surface area contributed by atoms with Gasteiger partial charge in [-0.05, 0) is 66.9 Å². The smallest absolute Gasteiger partial charge is 0.323 e. The lowest BCUT2D eigenvalue weighted by atomic mass is 10.1. The van der Waals surface area contributed by atoms with Gasteiger partial charge in [0, 0.05) is 37.0 Å². The number of carboxylic acid groups (broad SMARTS) is 1. The summed E-state index contributed by atoms with van der Waals surface area (Å²) in [7, 11) is 0. The van der Waals surface area contributed by atoms with Crippen molar-refractivity contribution in [1.29, 1.82) is 0 Å². The third-order valence-corrected chi connectivity index (χ3v) is 6.27. The third-order valence-electron chi connectivity index (χ3n) is 6.27. The molecule has 1 atom stereocenters. The second-order valence-corrected chi connectivity index (χ2v) is 10.0. The maximum atomic E-state index is 12.1. The molecule has 0 radical (unpaired) electrons. The molecule has 0 heterocycles. The average molecular weight is 612 g/mol. The van der Waals surface area contributed by atoms with E-state index in [1.54, 1.807) is 12.1 Å². The van der Waals surface area contributed by atoms with E-state index in [0.717, 1.165) is 50.4 Å². The zero-order valence-electron chi connectivity index (χ0n) is 25.2. The minimum Gasteiger partial charge on any atom is -0.508 e. The largest absolute Gasteiger partial charge is 0.508 e. The molecule has 0 aliphatic carbocycles. The number of carbonyl (C=O) groups is 2. The quantitative estimate of drug-likeness (QED) is 0.0975. The fourth-order valence-corrected chi connectivity index (χ4v) is 4.01. The number of aliphatic hydroxyl groups excluding tert-OH is 2. The van der Waals surface area contributed by atoms with Crippen molar-refractivity contribution >= 4 is 23.4 Å². The van der Waals surface area contributed by atoms with Crippen molar-refractivity contribution in [2.75, 3.05) is 43.5 Å². The summed E-state index contributed by atoms with van der Waals surface area (Å²) in [6, 6.07) is 21.3. The fourth-order valence-electron chi connectivity index (χ4n) is 4.01. The first kappa shape index (κ1) is 36.2. The number of carbonyl (C=O) groups excluding carboxylic acids is 1. The first-order valence-corrected chi connectivity index (χ1v) is 14.7. The first-order valence-electron chi connectivity index (χ1n) is 14.7. The van der Waals surface area contributed by atoms with E-state index in [0.29, 0.717) is 49.8 Å². The lowest BCUT2D eigenvalue weighted by Crippen LogP contribution is -2.22. The standard InChI is InChI=1S/C31H41N3O6.C2H4O2/c35-22-26-20-25(12-15-29(26)36)30(37)21-32-16-6-1-2-7-17-39-18-19-40-23-24-10-13-28(14-11-24)34-31(38)33-27-8-4-3-5-9-27;1-2(3)4/h3-5,8-15,20,30,32,35-37H,1-2,6-7,16-19,21-23H2,(H2,33,34,38);1H3,(H,3,4)/t30-;/m0./s1. The Hall–Kier alpha value is -4.00. The van der Waals surface area contributed by atoms with Gasteiger partial charge in [-0.2, -0.15) is 0 Å². The SMILES string of the molecule is CC(=O)O.O=C(Nc1ccccc1)Nc1ccc(COCCOCCCCCCNC[C@H](O)c2ccc(O)c(CO)c2)cc1. The molecule has 0 aromatic heterocycles. The summed E-state index contributed by atoms with van der Waals surface area (Å²) in [5.74, 6) is -0.800. The van der Waals surface area contributed by atoms with Gasteiger partial charge in [-0.3, -0.25) is 4.79 Å². The van der Waals surface area contributed by atoms with Gasteiger partial charge in [0.25, 0.3) is 5.97 Å². The van der Waals surface area contributed by atoms with Crippen molar-refractivity contribution < 1.29 is 39.5 Å². The number of para-hydroxylation sites is 1. The zero-order valence-corrected chi connectivity index (χ0v) is 25.2. The average Bonchev–Trinajstić information content (AvgIpc) is 3.00. The summed E-state index contributed by atoms with van der Waals surface area (Å²) in [5, 5.41) is 45.4. The van der Waals surface area contributed by atoms with E-state index in [2.05, 4.69) is 16.0 Å². The molecule has 7 N–H and O–H groups in total. The number of aliphatic hydroxyl groups is 2. The number of amides is 2. The maximum absolute atomic E-state index is 12.1. The van der Waals surface area contributed by atoms with Crippen molar-refractivity contribution in [2.45, 2.75) is 51.9 Å². The van der Waals surface area contributed by atoms with Crippen LogP contribution in [0.2, 0.25) is 0 Å². The molecule has 240 valence electrons. The summed E-state index contributed by atoms with van der Waals surface area (Å²) >= 11 is 0. The number of ether oxygens (including phenoxy) is 2. The number of urea groups is 1. The van der Waals surface area contributed by atoms with E-state index >= 15 is 0 Å². The molecule has 3 aromatic carbocycles. The summed E-state index contributed by atoms with van der Waals surface area (Å²) in [6.45, 7) is 4.31. The second kappa shape index (κ2) is 21.7. The predicted molar refractivity (Wildman–Crippen MR) is 170 cm³/mol. The predicted octanol–water partition coefficient (Wildman–Crippen LogP) is 5.04. The topological polar surface area (TPSA) is 170 Å². The number of unbranched alkanes of at least 4 members (excludes halogenated alkanes) is 3. The highest BCUT2D eigenvalue weighted by atomic mass is 16.5. The highest BCUT2D eigenvalue weighted by Gasteiger charge is 2.10. The minimum atomic E-state index is -0.833. The molecule has 3 aromatic rings. The number of rotatable bonds is 18. The number of anilines is 2. The Morgan fingerprint density at radius 3 is 2.14 bits per heavy atom. The van der Waals surface area contributed by atoms with Gasteiger partial charge in [0.1, 0.15) is 5.75 Å². The molecular formula is C33H45N3O8. The number of aromatic hydroxyl groups is 1. The normalized spacial score (nSPS) is 11.2. The zero-order chi connectivity index (χ0) is 32.0. The molecule has 3 rings (SSSR count). The molecule has 11 heteroatoms. The summed E-state index contributed by atoms with van der Waals surface area (Å²) in [5.41, 5.74) is 3.55. The fraction of sp³-hybridized carbons (Fsp3) is 0.394. The molecule has 0 saturated heterocycles. The monoisotopic (exact) mass is 611 g/mol. The number of hydrogen-bond acceptors (Lipinski definition) is 8. The highest BCUT2D eigenvalue weighted by molar-refractivity contribution is 5.99. The van der Waals surface area contributed by atoms with Crippen LogP contribution in [0.25, 0.3) is 0 Å². The van der Waals surface area contributed by atoms with Crippen molar-refractivity contribution in [3.8, 4) is 5.75 Å². The number of aliphatic carboxylic acids is 1. The molecule has 0 aliphatic heterocycles. The van der Waals surface area contributed by atoms with Crippen LogP contribution in [-0.2, 0) is 27.5 Å². The number of benzene rings is 3. The van der Waals surface area contributed by atoms with E-state index in [9.17, 15) is 20.1 Å². The van der Waals surface area contributed by atoms with Crippen LogP contribution < -0.4 is 16.0 Å². The highest BCUT2D eigenvalue weighted by Crippen LogP contribution is 2.22. The van der Waals surface area contributed by atoms with Crippen LogP contribution in [0.4, 0.5) is 16.2 Å². The van der Waals surface area contributed by atoms with Gasteiger partial charge in [0.05, 0.1) is 32.5 Å². The molecule has 11 nitrogen and oxygen atoms in total. The third kappa shape index (κ3) is 16.0. The van der Waals surface area contributed by atoms with Crippen LogP contribution in [0.3, 0.4) is 0 Å². The van der Waals surface area contributed by atoms with E-state index in [1.807, 2.05) is 54.6 Å². The molecule has 0 spiro atoms. The summed E-state index contributed by atoms with van der Waals surface area (Å²) in [4.78, 5) is 21.1. The van der Waals surface area contributed by atoms with E-state index < -0.39 is 12.1 Å². The van der Waals surface area contributed by atoms with Crippen LogP contribution >= 0.6 is 0 Å². The van der Waals surface area contributed by atoms with E-state index in [-0.39, 0.29) is 18.4 Å². The van der Waals surface area contributed by atoms with Gasteiger partial charge in [-0.25, -0.2) is 4.79 Å². The molecule has 2 amide bonds. The van der Waals surface area contributed by atoms with Gasteiger partial charge in [-0.1, -0.05) is 49.2 Å². The Morgan fingerprint density at radius 2 is 1.45 bits per heavy atom. The van der Waals surface area contributed by atoms with Crippen molar-refractivity contribution in [3.63, 3.8) is 0 Å². The molecule has 0 unspecified atom stereocenters. The Balaban J connectivity index is 0.00000159.